The summed E-state index contributed by atoms with van der Waals surface area (Å²) in [6, 6.07) is 6.40. The van der Waals surface area contributed by atoms with Crippen molar-refractivity contribution in [1.82, 2.24) is 9.97 Å². The van der Waals surface area contributed by atoms with Crippen LogP contribution in [0.15, 0.2) is 30.7 Å². The van der Waals surface area contributed by atoms with Gasteiger partial charge in [-0.2, -0.15) is 0 Å². The van der Waals surface area contributed by atoms with E-state index in [9.17, 15) is 0 Å². The lowest BCUT2D eigenvalue weighted by Gasteiger charge is -2.15. The Kier molecular flexibility index (Phi) is 3.32. The molecule has 2 aromatic rings. The second-order valence-electron chi connectivity index (χ2n) is 4.32. The number of benzene rings is 1. The maximum Gasteiger partial charge on any atom is 0.0922 e. The number of nitrogens with one attached hydrogen (secondary N) is 2. The van der Waals surface area contributed by atoms with E-state index in [4.69, 9.17) is 0 Å². The van der Waals surface area contributed by atoms with Crippen LogP contribution < -0.4 is 10.2 Å². The summed E-state index contributed by atoms with van der Waals surface area (Å²) in [5.41, 5.74) is 4.71. The molecule has 0 spiro atoms. The van der Waals surface area contributed by atoms with Gasteiger partial charge in [0.1, 0.15) is 0 Å². The second kappa shape index (κ2) is 4.91. The highest BCUT2D eigenvalue weighted by Gasteiger charge is 2.01. The van der Waals surface area contributed by atoms with E-state index in [-0.39, 0.29) is 0 Å². The van der Waals surface area contributed by atoms with Crippen molar-refractivity contribution in [3.63, 3.8) is 0 Å². The lowest BCUT2D eigenvalue weighted by molar-refractivity contribution is 1.07. The maximum atomic E-state index is 3.99. The SMILES string of the molecule is Cc1cc(N(C)C)ccc1NCc1cnc[nH]1. The first-order chi connectivity index (χ1) is 8.16. The van der Waals surface area contributed by atoms with Crippen molar-refractivity contribution < 1.29 is 0 Å². The molecule has 17 heavy (non-hydrogen) atoms. The molecule has 1 aromatic carbocycles. The number of H-pyrrole nitrogens is 1. The van der Waals surface area contributed by atoms with Crippen LogP contribution in [0.2, 0.25) is 0 Å². The van der Waals surface area contributed by atoms with Gasteiger partial charge in [0.25, 0.3) is 0 Å². The first kappa shape index (κ1) is 11.5. The summed E-state index contributed by atoms with van der Waals surface area (Å²) in [6.45, 7) is 2.88. The topological polar surface area (TPSA) is 44.0 Å². The molecule has 90 valence electrons. The van der Waals surface area contributed by atoms with Gasteiger partial charge in [-0.3, -0.25) is 0 Å². The molecule has 4 heteroatoms. The Morgan fingerprint density at radius 2 is 2.18 bits per heavy atom. The number of nitrogens with zero attached hydrogens (tertiary/aromatic N) is 2. The molecular formula is C13H18N4. The molecule has 0 bridgehead atoms. The van der Waals surface area contributed by atoms with Gasteiger partial charge in [-0.1, -0.05) is 0 Å². The van der Waals surface area contributed by atoms with Gasteiger partial charge in [-0.15, -0.1) is 0 Å². The maximum absolute atomic E-state index is 3.99. The van der Waals surface area contributed by atoms with Crippen LogP contribution in [-0.2, 0) is 6.54 Å². The molecule has 0 saturated carbocycles. The zero-order valence-electron chi connectivity index (χ0n) is 10.5. The summed E-state index contributed by atoms with van der Waals surface area (Å²) in [6.07, 6.45) is 3.52. The van der Waals surface area contributed by atoms with E-state index in [0.29, 0.717) is 0 Å². The molecule has 4 nitrogen and oxygen atoms in total. The lowest BCUT2D eigenvalue weighted by Crippen LogP contribution is -2.09. The van der Waals surface area contributed by atoms with E-state index in [1.54, 1.807) is 6.33 Å². The van der Waals surface area contributed by atoms with Crippen molar-refractivity contribution in [1.29, 1.82) is 0 Å². The molecule has 0 atom stereocenters. The van der Waals surface area contributed by atoms with Crippen molar-refractivity contribution in [2.75, 3.05) is 24.3 Å². The molecule has 0 fully saturated rings. The molecule has 0 aliphatic rings. The zero-order valence-corrected chi connectivity index (χ0v) is 10.5. The van der Waals surface area contributed by atoms with Crippen LogP contribution in [0.1, 0.15) is 11.3 Å². The zero-order chi connectivity index (χ0) is 12.3. The summed E-state index contributed by atoms with van der Waals surface area (Å²) in [7, 11) is 4.10. The summed E-state index contributed by atoms with van der Waals surface area (Å²) < 4.78 is 0. The molecule has 0 saturated heterocycles. The Morgan fingerprint density at radius 3 is 2.76 bits per heavy atom. The number of aromatic amines is 1. The summed E-state index contributed by atoms with van der Waals surface area (Å²) in [5.74, 6) is 0. The molecule has 1 heterocycles. The number of rotatable bonds is 4. The van der Waals surface area contributed by atoms with E-state index >= 15 is 0 Å². The number of hydrogen-bond donors (Lipinski definition) is 2. The van der Waals surface area contributed by atoms with E-state index in [0.717, 1.165) is 17.9 Å². The van der Waals surface area contributed by atoms with Gasteiger partial charge in [0.05, 0.1) is 18.6 Å². The highest BCUT2D eigenvalue weighted by Crippen LogP contribution is 2.21. The number of hydrogen-bond acceptors (Lipinski definition) is 3. The van der Waals surface area contributed by atoms with E-state index in [1.165, 1.54) is 11.3 Å². The molecule has 0 aliphatic carbocycles. The van der Waals surface area contributed by atoms with Gasteiger partial charge >= 0.3 is 0 Å². The fourth-order valence-corrected chi connectivity index (χ4v) is 1.70. The van der Waals surface area contributed by atoms with Crippen molar-refractivity contribution >= 4 is 11.4 Å². The number of anilines is 2. The minimum atomic E-state index is 0.766. The van der Waals surface area contributed by atoms with Crippen molar-refractivity contribution in [2.45, 2.75) is 13.5 Å². The van der Waals surface area contributed by atoms with E-state index < -0.39 is 0 Å². The first-order valence-electron chi connectivity index (χ1n) is 5.66. The Bertz CT molecular complexity index is 474. The number of aryl methyl sites for hydroxylation is 1. The van der Waals surface area contributed by atoms with Crippen LogP contribution in [0.3, 0.4) is 0 Å². The van der Waals surface area contributed by atoms with Crippen molar-refractivity contribution in [3.8, 4) is 0 Å². The van der Waals surface area contributed by atoms with Gasteiger partial charge in [0.15, 0.2) is 0 Å². The van der Waals surface area contributed by atoms with Crippen molar-refractivity contribution in [2.24, 2.45) is 0 Å². The molecular weight excluding hydrogens is 212 g/mol. The minimum Gasteiger partial charge on any atom is -0.379 e. The first-order valence-corrected chi connectivity index (χ1v) is 5.66. The second-order valence-corrected chi connectivity index (χ2v) is 4.32. The molecule has 0 amide bonds. The summed E-state index contributed by atoms with van der Waals surface area (Å²) >= 11 is 0. The number of aromatic nitrogens is 2. The highest BCUT2D eigenvalue weighted by molar-refractivity contribution is 5.59. The third kappa shape index (κ3) is 2.78. The third-order valence-corrected chi connectivity index (χ3v) is 2.75. The molecule has 0 radical (unpaired) electrons. The minimum absolute atomic E-state index is 0.766. The Morgan fingerprint density at radius 1 is 1.35 bits per heavy atom. The number of imidazole rings is 1. The Hall–Kier alpha value is -1.97. The van der Waals surface area contributed by atoms with Gasteiger partial charge in [0.2, 0.25) is 0 Å². The molecule has 0 unspecified atom stereocenters. The smallest absolute Gasteiger partial charge is 0.0922 e. The fraction of sp³-hybridized carbons (Fsp3) is 0.308. The average molecular weight is 230 g/mol. The van der Waals surface area contributed by atoms with Crippen LogP contribution in [0.4, 0.5) is 11.4 Å². The van der Waals surface area contributed by atoms with Crippen LogP contribution in [0.25, 0.3) is 0 Å². The van der Waals surface area contributed by atoms with Crippen molar-refractivity contribution in [3.05, 3.63) is 42.0 Å². The monoisotopic (exact) mass is 230 g/mol. The van der Waals surface area contributed by atoms with E-state index in [2.05, 4.69) is 45.3 Å². The molecule has 0 aliphatic heterocycles. The van der Waals surface area contributed by atoms with Gasteiger partial charge in [-0.25, -0.2) is 4.98 Å². The quantitative estimate of drug-likeness (QED) is 0.847. The lowest BCUT2D eigenvalue weighted by atomic mass is 10.1. The van der Waals surface area contributed by atoms with Gasteiger partial charge in [-0.05, 0) is 30.7 Å². The van der Waals surface area contributed by atoms with Crippen LogP contribution in [0.5, 0.6) is 0 Å². The van der Waals surface area contributed by atoms with E-state index in [1.807, 2.05) is 20.3 Å². The largest absolute Gasteiger partial charge is 0.379 e. The molecule has 2 N–H and O–H groups in total. The van der Waals surface area contributed by atoms with Crippen LogP contribution in [0, 0.1) is 6.92 Å². The molecule has 1 aromatic heterocycles. The Labute approximate surface area is 102 Å². The predicted octanol–water partition coefficient (Wildman–Crippen LogP) is 2.40. The normalized spacial score (nSPS) is 10.3. The highest BCUT2D eigenvalue weighted by atomic mass is 15.1. The average Bonchev–Trinajstić information content (AvgIpc) is 2.80. The van der Waals surface area contributed by atoms with Gasteiger partial charge in [0, 0.05) is 31.7 Å². The third-order valence-electron chi connectivity index (χ3n) is 2.75. The van der Waals surface area contributed by atoms with Crippen LogP contribution >= 0.6 is 0 Å². The standard InChI is InChI=1S/C13H18N4/c1-10-6-12(17(2)3)4-5-13(10)15-8-11-7-14-9-16-11/h4-7,9,15H,8H2,1-3H3,(H,14,16). The Balaban J connectivity index is 2.06. The van der Waals surface area contributed by atoms with Gasteiger partial charge < -0.3 is 15.2 Å². The summed E-state index contributed by atoms with van der Waals surface area (Å²) in [4.78, 5) is 9.17. The fourth-order valence-electron chi connectivity index (χ4n) is 1.70. The summed E-state index contributed by atoms with van der Waals surface area (Å²) in [5, 5.41) is 3.39. The molecule has 2 rings (SSSR count). The van der Waals surface area contributed by atoms with Crippen LogP contribution in [-0.4, -0.2) is 24.1 Å². The predicted molar refractivity (Wildman–Crippen MR) is 71.4 cm³/mol.